The maximum atomic E-state index is 6.25. The monoisotopic (exact) mass is 302 g/mol. The molecule has 0 saturated carbocycles. The first-order valence-electron chi connectivity index (χ1n) is 7.21. The molecule has 2 rings (SSSR count). The van der Waals surface area contributed by atoms with E-state index in [4.69, 9.17) is 19.2 Å². The molecule has 0 aromatic heterocycles. The van der Waals surface area contributed by atoms with Gasteiger partial charge in [-0.1, -0.05) is 18.7 Å². The van der Waals surface area contributed by atoms with E-state index in [1.807, 2.05) is 39.8 Å². The van der Waals surface area contributed by atoms with Crippen molar-refractivity contribution in [3.63, 3.8) is 0 Å². The number of hydrogen-bond donors (Lipinski definition) is 0. The van der Waals surface area contributed by atoms with Crippen LogP contribution in [0.5, 0.6) is 0 Å². The molecule has 0 aromatic carbocycles. The van der Waals surface area contributed by atoms with Gasteiger partial charge in [0.25, 0.3) is 0 Å². The number of hydrogen-bond acceptors (Lipinski definition) is 6. The highest BCUT2D eigenvalue weighted by molar-refractivity contribution is 8.14. The molecule has 0 bridgehead atoms. The fourth-order valence-electron chi connectivity index (χ4n) is 2.43. The van der Waals surface area contributed by atoms with Crippen LogP contribution in [-0.2, 0) is 14.2 Å². The van der Waals surface area contributed by atoms with Crippen molar-refractivity contribution in [2.75, 3.05) is 20.7 Å². The van der Waals surface area contributed by atoms with Crippen molar-refractivity contribution in [3.8, 4) is 0 Å². The number of nitrogens with zero attached hydrogens (tertiary/aromatic N) is 2. The molecule has 0 N–H and O–H groups in total. The maximum Gasteiger partial charge on any atom is 0.163 e. The zero-order chi connectivity index (χ0) is 14.9. The summed E-state index contributed by atoms with van der Waals surface area (Å²) in [5.74, 6) is -0.605. The Morgan fingerprint density at radius 1 is 1.40 bits per heavy atom. The van der Waals surface area contributed by atoms with E-state index < -0.39 is 5.79 Å². The van der Waals surface area contributed by atoms with Gasteiger partial charge < -0.3 is 19.1 Å². The van der Waals surface area contributed by atoms with Gasteiger partial charge in [0.15, 0.2) is 11.0 Å². The first kappa shape index (κ1) is 16.1. The third-order valence-electron chi connectivity index (χ3n) is 3.50. The number of amidine groups is 1. The summed E-state index contributed by atoms with van der Waals surface area (Å²) in [5.41, 5.74) is 0.0114. The molecule has 6 heteroatoms. The molecule has 2 aliphatic heterocycles. The molecule has 2 aliphatic rings. The normalized spacial score (nSPS) is 37.4. The van der Waals surface area contributed by atoms with Crippen molar-refractivity contribution < 1.29 is 14.2 Å². The van der Waals surface area contributed by atoms with Crippen molar-refractivity contribution in [1.29, 1.82) is 0 Å². The molecule has 116 valence electrons. The molecular formula is C14H26N2O3S. The van der Waals surface area contributed by atoms with Crippen molar-refractivity contribution in [1.82, 2.24) is 4.90 Å². The Bertz CT molecular complexity index is 373. The van der Waals surface area contributed by atoms with Crippen LogP contribution < -0.4 is 0 Å². The van der Waals surface area contributed by atoms with Crippen LogP contribution in [0.25, 0.3) is 0 Å². The lowest BCUT2D eigenvalue weighted by Gasteiger charge is -2.31. The zero-order valence-corrected chi connectivity index (χ0v) is 14.1. The van der Waals surface area contributed by atoms with E-state index in [0.717, 1.165) is 11.6 Å². The predicted molar refractivity (Wildman–Crippen MR) is 82.0 cm³/mol. The van der Waals surface area contributed by atoms with Gasteiger partial charge in [-0.2, -0.15) is 0 Å². The SMILES string of the molecule is CC[C@H]1O[C@@H]2SC(N(C)C)=N[C@@H]2COC(C)(C)O[C@H]1C. The molecule has 0 aliphatic carbocycles. The van der Waals surface area contributed by atoms with Crippen LogP contribution in [0.3, 0.4) is 0 Å². The summed E-state index contributed by atoms with van der Waals surface area (Å²) < 4.78 is 18.1. The predicted octanol–water partition coefficient (Wildman–Crippen LogP) is 2.31. The first-order valence-corrected chi connectivity index (χ1v) is 8.09. The quantitative estimate of drug-likeness (QED) is 0.743. The second kappa shape index (κ2) is 6.22. The van der Waals surface area contributed by atoms with Crippen molar-refractivity contribution in [3.05, 3.63) is 0 Å². The third-order valence-corrected chi connectivity index (χ3v) is 4.84. The Kier molecular flexibility index (Phi) is 5.00. The number of ether oxygens (including phenoxy) is 3. The largest absolute Gasteiger partial charge is 0.359 e. The van der Waals surface area contributed by atoms with Crippen LogP contribution in [0.15, 0.2) is 4.99 Å². The third kappa shape index (κ3) is 3.67. The molecule has 0 radical (unpaired) electrons. The van der Waals surface area contributed by atoms with Crippen LogP contribution in [0, 0.1) is 0 Å². The topological polar surface area (TPSA) is 43.3 Å². The molecule has 5 nitrogen and oxygen atoms in total. The van der Waals surface area contributed by atoms with Gasteiger partial charge in [0.1, 0.15) is 11.5 Å². The minimum atomic E-state index is -0.605. The second-order valence-corrected chi connectivity index (χ2v) is 7.04. The summed E-state index contributed by atoms with van der Waals surface area (Å²) >= 11 is 1.67. The number of fused-ring (bicyclic) bond motifs is 1. The second-order valence-electron chi connectivity index (χ2n) is 5.98. The van der Waals surface area contributed by atoms with E-state index in [2.05, 4.69) is 6.92 Å². The average molecular weight is 302 g/mol. The van der Waals surface area contributed by atoms with E-state index >= 15 is 0 Å². The van der Waals surface area contributed by atoms with Crippen molar-refractivity contribution >= 4 is 16.9 Å². The first-order chi connectivity index (χ1) is 9.32. The average Bonchev–Trinajstić information content (AvgIpc) is 2.76. The number of rotatable bonds is 1. The van der Waals surface area contributed by atoms with Crippen LogP contribution in [0.1, 0.15) is 34.1 Å². The number of thioether (sulfide) groups is 1. The smallest absolute Gasteiger partial charge is 0.163 e. The van der Waals surface area contributed by atoms with E-state index in [1.54, 1.807) is 11.8 Å². The Morgan fingerprint density at radius 3 is 2.70 bits per heavy atom. The van der Waals surface area contributed by atoms with E-state index in [-0.39, 0.29) is 23.7 Å². The minimum Gasteiger partial charge on any atom is -0.359 e. The van der Waals surface area contributed by atoms with Gasteiger partial charge in [0.05, 0.1) is 18.8 Å². The van der Waals surface area contributed by atoms with Gasteiger partial charge in [-0.15, -0.1) is 0 Å². The molecule has 1 fully saturated rings. The summed E-state index contributed by atoms with van der Waals surface area (Å²) in [6.07, 6.45) is 0.976. The summed E-state index contributed by atoms with van der Waals surface area (Å²) in [6.45, 7) is 8.60. The van der Waals surface area contributed by atoms with Crippen molar-refractivity contribution in [2.24, 2.45) is 4.99 Å². The fraction of sp³-hybridized carbons (Fsp3) is 0.929. The Morgan fingerprint density at radius 2 is 2.10 bits per heavy atom. The van der Waals surface area contributed by atoms with E-state index in [0.29, 0.717) is 6.61 Å². The van der Waals surface area contributed by atoms with Gasteiger partial charge >= 0.3 is 0 Å². The highest BCUT2D eigenvalue weighted by atomic mass is 32.2. The molecule has 1 saturated heterocycles. The van der Waals surface area contributed by atoms with E-state index in [9.17, 15) is 0 Å². The lowest BCUT2D eigenvalue weighted by molar-refractivity contribution is -0.243. The molecular weight excluding hydrogens is 276 g/mol. The van der Waals surface area contributed by atoms with Gasteiger partial charge in [0, 0.05) is 14.1 Å². The summed E-state index contributed by atoms with van der Waals surface area (Å²) in [4.78, 5) is 6.74. The minimum absolute atomic E-state index is 0.00208. The highest BCUT2D eigenvalue weighted by Crippen LogP contribution is 2.34. The standard InChI is InChI=1S/C14H26N2O3S/c1-7-11-9(2)19-14(3,4)17-8-10-12(18-11)20-13(15-10)16(5)6/h9-12H,7-8H2,1-6H3/t9-,10+,11+,12+/m0/s1. The van der Waals surface area contributed by atoms with Crippen LogP contribution in [0.4, 0.5) is 0 Å². The van der Waals surface area contributed by atoms with Crippen LogP contribution >= 0.6 is 11.8 Å². The lowest BCUT2D eigenvalue weighted by Crippen LogP contribution is -2.38. The molecule has 4 atom stereocenters. The molecule has 0 spiro atoms. The zero-order valence-electron chi connectivity index (χ0n) is 13.3. The Hall–Kier alpha value is -0.300. The number of aliphatic imine (C=N–C) groups is 1. The Balaban J connectivity index is 2.18. The summed E-state index contributed by atoms with van der Waals surface area (Å²) in [6, 6.07) is 0.0274. The van der Waals surface area contributed by atoms with Gasteiger partial charge in [-0.05, 0) is 27.2 Å². The molecule has 0 unspecified atom stereocenters. The van der Waals surface area contributed by atoms with Crippen LogP contribution in [0.2, 0.25) is 0 Å². The molecule has 0 amide bonds. The molecule has 2 heterocycles. The van der Waals surface area contributed by atoms with Crippen LogP contribution in [-0.4, -0.2) is 60.2 Å². The van der Waals surface area contributed by atoms with E-state index in [1.165, 1.54) is 0 Å². The summed E-state index contributed by atoms with van der Waals surface area (Å²) in [7, 11) is 4.01. The van der Waals surface area contributed by atoms with Gasteiger partial charge in [0.2, 0.25) is 0 Å². The lowest BCUT2D eigenvalue weighted by atomic mass is 10.1. The fourth-order valence-corrected chi connectivity index (χ4v) is 3.54. The van der Waals surface area contributed by atoms with Gasteiger partial charge in [-0.3, -0.25) is 4.99 Å². The van der Waals surface area contributed by atoms with Crippen molar-refractivity contribution in [2.45, 2.75) is 63.6 Å². The summed E-state index contributed by atoms with van der Waals surface area (Å²) in [5, 5.41) is 1.01. The maximum absolute atomic E-state index is 6.25. The molecule has 0 aromatic rings. The van der Waals surface area contributed by atoms with Gasteiger partial charge in [-0.25, -0.2) is 0 Å². The molecule has 20 heavy (non-hydrogen) atoms. The Labute approximate surface area is 126 Å². The highest BCUT2D eigenvalue weighted by Gasteiger charge is 2.39.